The van der Waals surface area contributed by atoms with E-state index in [0.717, 1.165) is 5.92 Å². The van der Waals surface area contributed by atoms with Gasteiger partial charge in [0.25, 0.3) is 0 Å². The van der Waals surface area contributed by atoms with Crippen molar-refractivity contribution >= 4 is 0 Å². The van der Waals surface area contributed by atoms with E-state index in [9.17, 15) is 0 Å². The van der Waals surface area contributed by atoms with Crippen LogP contribution in [-0.4, -0.2) is 24.5 Å². The van der Waals surface area contributed by atoms with Crippen LogP contribution in [0.3, 0.4) is 0 Å². The topological polar surface area (TPSA) is 3.24 Å². The van der Waals surface area contributed by atoms with Crippen molar-refractivity contribution < 1.29 is 0 Å². The Labute approximate surface area is 69.1 Å². The monoisotopic (exact) mass is 151 g/mol. The van der Waals surface area contributed by atoms with Crippen LogP contribution in [0.15, 0.2) is 11.1 Å². The molecule has 3 rings (SSSR count). The van der Waals surface area contributed by atoms with E-state index in [1.54, 1.807) is 11.1 Å². The Morgan fingerprint density at radius 1 is 1.27 bits per heavy atom. The van der Waals surface area contributed by atoms with Crippen LogP contribution in [0, 0.1) is 5.92 Å². The first-order valence-electron chi connectivity index (χ1n) is 4.66. The summed E-state index contributed by atoms with van der Waals surface area (Å²) in [6, 6.07) is 0. The van der Waals surface area contributed by atoms with Gasteiger partial charge in [-0.1, -0.05) is 11.1 Å². The fraction of sp³-hybridized carbons (Fsp3) is 0.800. The molecular weight excluding hydrogens is 134 g/mol. The Morgan fingerprint density at radius 3 is 2.18 bits per heavy atom. The van der Waals surface area contributed by atoms with Gasteiger partial charge in [0.05, 0.1) is 0 Å². The standard InChI is InChI=1S/C10H17N/c1-8(2)10-7-11-5-3-9(10)4-6-11/h9H,3-7H2,1-2H3. The third-order valence-corrected chi connectivity index (χ3v) is 3.12. The molecule has 3 aliphatic rings. The predicted molar refractivity (Wildman–Crippen MR) is 47.5 cm³/mol. The first kappa shape index (κ1) is 7.35. The van der Waals surface area contributed by atoms with Gasteiger partial charge in [0, 0.05) is 6.54 Å². The summed E-state index contributed by atoms with van der Waals surface area (Å²) in [5.74, 6) is 0.949. The van der Waals surface area contributed by atoms with Gasteiger partial charge in [-0.15, -0.1) is 0 Å². The van der Waals surface area contributed by atoms with Gasteiger partial charge in [-0.05, 0) is 45.7 Å². The zero-order valence-electron chi connectivity index (χ0n) is 7.56. The van der Waals surface area contributed by atoms with E-state index < -0.39 is 0 Å². The number of allylic oxidation sites excluding steroid dienone is 1. The zero-order chi connectivity index (χ0) is 7.84. The molecule has 0 amide bonds. The van der Waals surface area contributed by atoms with Crippen LogP contribution >= 0.6 is 0 Å². The Balaban J connectivity index is 2.21. The molecule has 0 unspecified atom stereocenters. The number of rotatable bonds is 0. The lowest BCUT2D eigenvalue weighted by atomic mass is 9.82. The summed E-state index contributed by atoms with van der Waals surface area (Å²) in [6.45, 7) is 8.49. The zero-order valence-corrected chi connectivity index (χ0v) is 7.56. The van der Waals surface area contributed by atoms with E-state index in [1.165, 1.54) is 32.5 Å². The van der Waals surface area contributed by atoms with Gasteiger partial charge in [-0.25, -0.2) is 0 Å². The highest BCUT2D eigenvalue weighted by Gasteiger charge is 2.29. The molecule has 0 aromatic carbocycles. The van der Waals surface area contributed by atoms with Crippen molar-refractivity contribution in [2.24, 2.45) is 5.92 Å². The van der Waals surface area contributed by atoms with Gasteiger partial charge in [-0.2, -0.15) is 0 Å². The van der Waals surface area contributed by atoms with Crippen molar-refractivity contribution in [3.8, 4) is 0 Å². The highest BCUT2D eigenvalue weighted by Crippen LogP contribution is 2.33. The lowest BCUT2D eigenvalue weighted by molar-refractivity contribution is 0.160. The molecule has 3 aliphatic heterocycles. The van der Waals surface area contributed by atoms with Crippen molar-refractivity contribution in [3.05, 3.63) is 11.1 Å². The van der Waals surface area contributed by atoms with E-state index in [-0.39, 0.29) is 0 Å². The third kappa shape index (κ3) is 1.22. The van der Waals surface area contributed by atoms with Gasteiger partial charge in [0.15, 0.2) is 0 Å². The highest BCUT2D eigenvalue weighted by atomic mass is 15.1. The summed E-state index contributed by atoms with van der Waals surface area (Å²) in [5, 5.41) is 0. The number of fused-ring (bicyclic) bond motifs is 3. The summed E-state index contributed by atoms with van der Waals surface area (Å²) in [7, 11) is 0. The molecule has 0 aliphatic carbocycles. The molecule has 1 nitrogen and oxygen atoms in total. The maximum absolute atomic E-state index is 2.59. The number of piperidine rings is 3. The number of hydrogen-bond acceptors (Lipinski definition) is 1. The quantitative estimate of drug-likeness (QED) is 0.479. The first-order chi connectivity index (χ1) is 5.27. The Morgan fingerprint density at radius 2 is 1.91 bits per heavy atom. The molecule has 0 radical (unpaired) electrons. The molecule has 0 atom stereocenters. The summed E-state index contributed by atoms with van der Waals surface area (Å²) in [4.78, 5) is 2.59. The second-order valence-corrected chi connectivity index (χ2v) is 4.08. The summed E-state index contributed by atoms with van der Waals surface area (Å²) in [6.07, 6.45) is 2.83. The maximum atomic E-state index is 2.59. The van der Waals surface area contributed by atoms with Crippen LogP contribution < -0.4 is 0 Å². The van der Waals surface area contributed by atoms with Gasteiger partial charge in [0.2, 0.25) is 0 Å². The molecule has 2 bridgehead atoms. The second kappa shape index (κ2) is 2.63. The van der Waals surface area contributed by atoms with Crippen molar-refractivity contribution in [3.63, 3.8) is 0 Å². The van der Waals surface area contributed by atoms with Crippen LogP contribution in [-0.2, 0) is 0 Å². The summed E-state index contributed by atoms with van der Waals surface area (Å²) >= 11 is 0. The molecule has 0 aromatic rings. The molecule has 1 heteroatoms. The van der Waals surface area contributed by atoms with Crippen molar-refractivity contribution in [1.82, 2.24) is 4.90 Å². The average Bonchev–Trinajstić information content (AvgIpc) is 2.06. The van der Waals surface area contributed by atoms with Gasteiger partial charge < -0.3 is 0 Å². The van der Waals surface area contributed by atoms with Crippen molar-refractivity contribution in [1.29, 1.82) is 0 Å². The SMILES string of the molecule is CC(C)=C1CN2CCC1CC2. The van der Waals surface area contributed by atoms with Crippen LogP contribution in [0.1, 0.15) is 26.7 Å². The van der Waals surface area contributed by atoms with Gasteiger partial charge in [-0.3, -0.25) is 4.90 Å². The summed E-state index contributed by atoms with van der Waals surface area (Å²) in [5.41, 5.74) is 3.31. The average molecular weight is 151 g/mol. The molecule has 0 aromatic heterocycles. The molecule has 3 heterocycles. The number of nitrogens with zero attached hydrogens (tertiary/aromatic N) is 1. The Hall–Kier alpha value is -0.300. The lowest BCUT2D eigenvalue weighted by Crippen LogP contribution is -2.43. The van der Waals surface area contributed by atoms with E-state index in [0.29, 0.717) is 0 Å². The first-order valence-corrected chi connectivity index (χ1v) is 4.66. The highest BCUT2D eigenvalue weighted by molar-refractivity contribution is 5.19. The van der Waals surface area contributed by atoms with Gasteiger partial charge in [0.1, 0.15) is 0 Å². The molecule has 11 heavy (non-hydrogen) atoms. The Kier molecular flexibility index (Phi) is 1.76. The third-order valence-electron chi connectivity index (χ3n) is 3.12. The minimum atomic E-state index is 0.949. The fourth-order valence-electron chi connectivity index (χ4n) is 2.38. The number of hydrogen-bond donors (Lipinski definition) is 0. The van der Waals surface area contributed by atoms with E-state index in [1.807, 2.05) is 0 Å². The second-order valence-electron chi connectivity index (χ2n) is 4.08. The Bertz CT molecular complexity index is 181. The largest absolute Gasteiger partial charge is 0.299 e. The molecule has 0 saturated carbocycles. The molecule has 3 saturated heterocycles. The van der Waals surface area contributed by atoms with E-state index in [4.69, 9.17) is 0 Å². The summed E-state index contributed by atoms with van der Waals surface area (Å²) < 4.78 is 0. The van der Waals surface area contributed by atoms with Crippen LogP contribution in [0.4, 0.5) is 0 Å². The molecule has 3 fully saturated rings. The molecule has 0 N–H and O–H groups in total. The minimum absolute atomic E-state index is 0.949. The van der Waals surface area contributed by atoms with Crippen LogP contribution in [0.25, 0.3) is 0 Å². The lowest BCUT2D eigenvalue weighted by Gasteiger charge is -2.41. The van der Waals surface area contributed by atoms with Crippen molar-refractivity contribution in [2.45, 2.75) is 26.7 Å². The molecule has 0 spiro atoms. The normalized spacial score (nSPS) is 36.0. The van der Waals surface area contributed by atoms with E-state index in [2.05, 4.69) is 18.7 Å². The molecular formula is C10H17N. The van der Waals surface area contributed by atoms with Crippen LogP contribution in [0.2, 0.25) is 0 Å². The molecule has 62 valence electrons. The maximum Gasteiger partial charge on any atom is 0.0198 e. The van der Waals surface area contributed by atoms with E-state index >= 15 is 0 Å². The van der Waals surface area contributed by atoms with Crippen LogP contribution in [0.5, 0.6) is 0 Å². The minimum Gasteiger partial charge on any atom is -0.299 e. The van der Waals surface area contributed by atoms with Crippen molar-refractivity contribution in [2.75, 3.05) is 19.6 Å². The fourth-order valence-corrected chi connectivity index (χ4v) is 2.38. The smallest absolute Gasteiger partial charge is 0.0198 e. The predicted octanol–water partition coefficient (Wildman–Crippen LogP) is 2.05. The van der Waals surface area contributed by atoms with Gasteiger partial charge >= 0.3 is 0 Å².